The molecule has 22 heavy (non-hydrogen) atoms. The zero-order chi connectivity index (χ0) is 16.1. The fraction of sp³-hybridized carbons (Fsp3) is 0.500. The Labute approximate surface area is 136 Å². The van der Waals surface area contributed by atoms with Gasteiger partial charge in [-0.05, 0) is 31.8 Å². The van der Waals surface area contributed by atoms with Gasteiger partial charge in [-0.25, -0.2) is 4.79 Å². The fourth-order valence-corrected chi connectivity index (χ4v) is 3.40. The Kier molecular flexibility index (Phi) is 5.58. The topological polar surface area (TPSA) is 39.7 Å². The molecular weight excluding hydrogens is 296 g/mol. The highest BCUT2D eigenvalue weighted by Crippen LogP contribution is 2.30. The van der Waals surface area contributed by atoms with E-state index in [1.807, 2.05) is 13.8 Å². The summed E-state index contributed by atoms with van der Waals surface area (Å²) in [6.45, 7) is 12.0. The Hall–Kier alpha value is -1.84. The lowest BCUT2D eigenvalue weighted by Gasteiger charge is -2.40. The molecule has 5 nitrogen and oxygen atoms in total. The van der Waals surface area contributed by atoms with Gasteiger partial charge in [-0.15, -0.1) is 12.5 Å². The number of carbonyl (C=O) groups is 1. The number of aromatic nitrogens is 1. The molecule has 0 spiro atoms. The molecule has 1 aromatic heterocycles. The number of urea groups is 1. The molecule has 0 aromatic carbocycles. The molecule has 0 atom stereocenters. The van der Waals surface area contributed by atoms with E-state index in [-0.39, 0.29) is 6.03 Å². The molecule has 0 bridgehead atoms. The van der Waals surface area contributed by atoms with Gasteiger partial charge in [0.05, 0.1) is 25.6 Å². The van der Waals surface area contributed by atoms with Crippen LogP contribution in [0.2, 0.25) is 0 Å². The lowest BCUT2D eigenvalue weighted by Crippen LogP contribution is -2.58. The van der Waals surface area contributed by atoms with Crippen LogP contribution in [0.25, 0.3) is 0 Å². The SMILES string of the molecule is C=CCN1CN(CC#CC)CN(c2snc(CC)c2C)C1=O. The first-order valence-electron chi connectivity index (χ1n) is 7.36. The predicted molar refractivity (Wildman–Crippen MR) is 90.9 cm³/mol. The summed E-state index contributed by atoms with van der Waals surface area (Å²) in [6.07, 6.45) is 2.63. The molecule has 1 aliphatic rings. The summed E-state index contributed by atoms with van der Waals surface area (Å²) in [7, 11) is 0. The minimum atomic E-state index is 0.00927. The van der Waals surface area contributed by atoms with Crippen LogP contribution >= 0.6 is 11.5 Å². The van der Waals surface area contributed by atoms with Crippen molar-refractivity contribution in [2.24, 2.45) is 0 Å². The highest BCUT2D eigenvalue weighted by atomic mass is 32.1. The maximum absolute atomic E-state index is 12.7. The van der Waals surface area contributed by atoms with E-state index in [9.17, 15) is 4.79 Å². The summed E-state index contributed by atoms with van der Waals surface area (Å²) < 4.78 is 4.46. The maximum Gasteiger partial charge on any atom is 0.327 e. The second kappa shape index (κ2) is 7.43. The quantitative estimate of drug-likeness (QED) is 0.619. The summed E-state index contributed by atoms with van der Waals surface area (Å²) in [6, 6.07) is 0.00927. The average molecular weight is 318 g/mol. The van der Waals surface area contributed by atoms with Crippen LogP contribution < -0.4 is 4.90 Å². The average Bonchev–Trinajstić information content (AvgIpc) is 2.88. The van der Waals surface area contributed by atoms with Gasteiger partial charge < -0.3 is 4.90 Å². The van der Waals surface area contributed by atoms with Gasteiger partial charge in [-0.2, -0.15) is 4.37 Å². The second-order valence-electron chi connectivity index (χ2n) is 5.17. The van der Waals surface area contributed by atoms with E-state index in [1.165, 1.54) is 11.5 Å². The number of anilines is 1. The van der Waals surface area contributed by atoms with Crippen molar-refractivity contribution in [2.75, 3.05) is 31.3 Å². The number of aryl methyl sites for hydroxylation is 1. The number of hydrogen-bond acceptors (Lipinski definition) is 4. The lowest BCUT2D eigenvalue weighted by atomic mass is 10.2. The van der Waals surface area contributed by atoms with Crippen molar-refractivity contribution < 1.29 is 4.79 Å². The van der Waals surface area contributed by atoms with Crippen LogP contribution in [-0.4, -0.2) is 46.6 Å². The molecule has 0 unspecified atom stereocenters. The molecule has 2 amide bonds. The van der Waals surface area contributed by atoms with Gasteiger partial charge in [-0.1, -0.05) is 18.9 Å². The van der Waals surface area contributed by atoms with E-state index in [2.05, 4.69) is 34.6 Å². The standard InChI is InChI=1S/C16H22N4OS/c1-5-8-10-18-11-19(9-6-2)16(21)20(12-18)15-13(4)14(7-3)17-22-15/h6H,2,7,9-12H2,1,3-4H3. The molecule has 1 aliphatic heterocycles. The molecule has 118 valence electrons. The first kappa shape index (κ1) is 16.5. The van der Waals surface area contributed by atoms with Crippen LogP contribution in [0.5, 0.6) is 0 Å². The van der Waals surface area contributed by atoms with Crippen molar-refractivity contribution in [3.05, 3.63) is 23.9 Å². The van der Waals surface area contributed by atoms with E-state index in [1.54, 1.807) is 15.9 Å². The van der Waals surface area contributed by atoms with Crippen molar-refractivity contribution in [1.29, 1.82) is 0 Å². The molecule has 0 N–H and O–H groups in total. The molecular formula is C16H22N4OS. The van der Waals surface area contributed by atoms with Crippen LogP contribution in [0.3, 0.4) is 0 Å². The first-order valence-corrected chi connectivity index (χ1v) is 8.14. The highest BCUT2D eigenvalue weighted by Gasteiger charge is 2.32. The van der Waals surface area contributed by atoms with Crippen molar-refractivity contribution in [2.45, 2.75) is 27.2 Å². The third kappa shape index (κ3) is 3.32. The Balaban J connectivity index is 2.28. The van der Waals surface area contributed by atoms with E-state index < -0.39 is 0 Å². The van der Waals surface area contributed by atoms with Crippen molar-refractivity contribution >= 4 is 22.6 Å². The van der Waals surface area contributed by atoms with E-state index in [4.69, 9.17) is 0 Å². The Morgan fingerprint density at radius 3 is 2.82 bits per heavy atom. The molecule has 2 heterocycles. The Morgan fingerprint density at radius 2 is 2.23 bits per heavy atom. The minimum absolute atomic E-state index is 0.00927. The molecule has 0 saturated carbocycles. The zero-order valence-corrected chi connectivity index (χ0v) is 14.2. The van der Waals surface area contributed by atoms with Gasteiger partial charge >= 0.3 is 6.03 Å². The summed E-state index contributed by atoms with van der Waals surface area (Å²) in [4.78, 5) is 18.4. The summed E-state index contributed by atoms with van der Waals surface area (Å²) in [5.41, 5.74) is 2.16. The van der Waals surface area contributed by atoms with Crippen molar-refractivity contribution in [3.8, 4) is 11.8 Å². The summed E-state index contributed by atoms with van der Waals surface area (Å²) >= 11 is 1.40. The number of hydrogen-bond donors (Lipinski definition) is 0. The van der Waals surface area contributed by atoms with Crippen LogP contribution in [0, 0.1) is 18.8 Å². The van der Waals surface area contributed by atoms with Crippen molar-refractivity contribution in [1.82, 2.24) is 14.2 Å². The van der Waals surface area contributed by atoms with Crippen LogP contribution in [0.1, 0.15) is 25.1 Å². The molecule has 0 aliphatic carbocycles. The van der Waals surface area contributed by atoms with Gasteiger partial charge in [0.1, 0.15) is 5.00 Å². The maximum atomic E-state index is 12.7. The Morgan fingerprint density at radius 1 is 1.45 bits per heavy atom. The normalized spacial score (nSPS) is 15.7. The van der Waals surface area contributed by atoms with E-state index in [0.717, 1.165) is 22.7 Å². The zero-order valence-electron chi connectivity index (χ0n) is 13.4. The van der Waals surface area contributed by atoms with E-state index in [0.29, 0.717) is 26.4 Å². The molecule has 6 heteroatoms. The molecule has 2 rings (SSSR count). The molecule has 1 fully saturated rings. The summed E-state index contributed by atoms with van der Waals surface area (Å²) in [5, 5.41) is 0.935. The first-order chi connectivity index (χ1) is 10.6. The minimum Gasteiger partial charge on any atom is -0.308 e. The van der Waals surface area contributed by atoms with Crippen LogP contribution in [0.4, 0.5) is 9.80 Å². The number of rotatable bonds is 5. The lowest BCUT2D eigenvalue weighted by molar-refractivity contribution is 0.132. The van der Waals surface area contributed by atoms with Gasteiger partial charge in [0, 0.05) is 12.1 Å². The summed E-state index contributed by atoms with van der Waals surface area (Å²) in [5.74, 6) is 5.98. The van der Waals surface area contributed by atoms with Gasteiger partial charge in [0.25, 0.3) is 0 Å². The second-order valence-corrected chi connectivity index (χ2v) is 5.93. The monoisotopic (exact) mass is 318 g/mol. The third-order valence-corrected chi connectivity index (χ3v) is 4.63. The molecule has 1 saturated heterocycles. The molecule has 0 radical (unpaired) electrons. The van der Waals surface area contributed by atoms with E-state index >= 15 is 0 Å². The fourth-order valence-electron chi connectivity index (χ4n) is 2.45. The third-order valence-electron chi connectivity index (χ3n) is 3.62. The van der Waals surface area contributed by atoms with Gasteiger partial charge in [0.2, 0.25) is 0 Å². The molecule has 1 aromatic rings. The van der Waals surface area contributed by atoms with Gasteiger partial charge in [-0.3, -0.25) is 9.80 Å². The smallest absolute Gasteiger partial charge is 0.308 e. The van der Waals surface area contributed by atoms with Crippen molar-refractivity contribution in [3.63, 3.8) is 0 Å². The number of carbonyl (C=O) groups excluding carboxylic acids is 1. The number of nitrogens with zero attached hydrogens (tertiary/aromatic N) is 4. The van der Waals surface area contributed by atoms with Crippen LogP contribution in [-0.2, 0) is 6.42 Å². The number of amides is 2. The van der Waals surface area contributed by atoms with Crippen LogP contribution in [0.15, 0.2) is 12.7 Å². The van der Waals surface area contributed by atoms with Gasteiger partial charge in [0.15, 0.2) is 0 Å². The predicted octanol–water partition coefficient (Wildman–Crippen LogP) is 2.68. The largest absolute Gasteiger partial charge is 0.327 e. The Bertz CT molecular complexity index is 613. The highest BCUT2D eigenvalue weighted by molar-refractivity contribution is 7.10.